The Morgan fingerprint density at radius 1 is 1.33 bits per heavy atom. The molecule has 4 heteroatoms. The van der Waals surface area contributed by atoms with Gasteiger partial charge in [-0.15, -0.1) is 0 Å². The average Bonchev–Trinajstić information content (AvgIpc) is 1.85. The predicted octanol–water partition coefficient (Wildman–Crippen LogP) is 1.73. The number of rotatable bonds is 3. The lowest BCUT2D eigenvalue weighted by atomic mass is 9.87. The second-order valence-corrected chi connectivity index (χ2v) is 3.69. The zero-order chi connectivity index (χ0) is 9.78. The van der Waals surface area contributed by atoms with Crippen LogP contribution >= 0.6 is 0 Å². The second-order valence-electron chi connectivity index (χ2n) is 3.69. The Morgan fingerprint density at radius 2 is 1.83 bits per heavy atom. The van der Waals surface area contributed by atoms with Gasteiger partial charge in [-0.2, -0.15) is 0 Å². The van der Waals surface area contributed by atoms with Gasteiger partial charge in [-0.3, -0.25) is 4.79 Å². The third-order valence-corrected chi connectivity index (χ3v) is 1.56. The van der Waals surface area contributed by atoms with Gasteiger partial charge in [-0.25, -0.2) is 0 Å². The van der Waals surface area contributed by atoms with E-state index in [4.69, 9.17) is 10.3 Å². The van der Waals surface area contributed by atoms with Crippen LogP contribution in [0.2, 0.25) is 0 Å². The van der Waals surface area contributed by atoms with E-state index < -0.39 is 5.97 Å². The maximum Gasteiger partial charge on any atom is 0.303 e. The zero-order valence-corrected chi connectivity index (χ0v) is 7.66. The minimum atomic E-state index is -0.875. The Kier molecular flexibility index (Phi) is 3.73. The number of hydrogen-bond acceptors (Lipinski definition) is 3. The van der Waals surface area contributed by atoms with Crippen molar-refractivity contribution >= 4 is 11.7 Å². The van der Waals surface area contributed by atoms with Gasteiger partial charge in [-0.1, -0.05) is 25.9 Å². The van der Waals surface area contributed by atoms with Crippen LogP contribution in [0.4, 0.5) is 0 Å². The molecule has 0 unspecified atom stereocenters. The Labute approximate surface area is 71.9 Å². The molecule has 0 aliphatic heterocycles. The van der Waals surface area contributed by atoms with Crippen molar-refractivity contribution in [2.45, 2.75) is 33.6 Å². The van der Waals surface area contributed by atoms with Crippen LogP contribution in [0.3, 0.4) is 0 Å². The quantitative estimate of drug-likeness (QED) is 0.388. The van der Waals surface area contributed by atoms with Crippen molar-refractivity contribution in [3.8, 4) is 0 Å². The van der Waals surface area contributed by atoms with Crippen LogP contribution in [-0.4, -0.2) is 22.0 Å². The molecule has 0 fully saturated rings. The van der Waals surface area contributed by atoms with E-state index in [1.807, 2.05) is 20.8 Å². The number of aliphatic carboxylic acids is 1. The molecular weight excluding hydrogens is 158 g/mol. The normalized spacial score (nSPS) is 13.1. The predicted molar refractivity (Wildman–Crippen MR) is 45.5 cm³/mol. The van der Waals surface area contributed by atoms with Gasteiger partial charge < -0.3 is 10.3 Å². The maximum absolute atomic E-state index is 10.2. The van der Waals surface area contributed by atoms with Crippen molar-refractivity contribution in [3.05, 3.63) is 0 Å². The molecular formula is C8H15NO3. The molecule has 12 heavy (non-hydrogen) atoms. The third-order valence-electron chi connectivity index (χ3n) is 1.56. The van der Waals surface area contributed by atoms with Crippen LogP contribution in [0.15, 0.2) is 5.16 Å². The van der Waals surface area contributed by atoms with Gasteiger partial charge in [0.2, 0.25) is 0 Å². The summed E-state index contributed by atoms with van der Waals surface area (Å²) < 4.78 is 0. The van der Waals surface area contributed by atoms with E-state index in [-0.39, 0.29) is 11.8 Å². The first-order valence-electron chi connectivity index (χ1n) is 3.81. The number of oxime groups is 1. The van der Waals surface area contributed by atoms with E-state index in [0.29, 0.717) is 12.1 Å². The summed E-state index contributed by atoms with van der Waals surface area (Å²) in [5.41, 5.74) is 0.259. The topological polar surface area (TPSA) is 69.9 Å². The van der Waals surface area contributed by atoms with Gasteiger partial charge in [-0.05, 0) is 6.42 Å². The summed E-state index contributed by atoms with van der Waals surface area (Å²) >= 11 is 0. The Morgan fingerprint density at radius 3 is 2.08 bits per heavy atom. The van der Waals surface area contributed by atoms with Crippen LogP contribution < -0.4 is 0 Å². The second kappa shape index (κ2) is 4.09. The van der Waals surface area contributed by atoms with Crippen molar-refractivity contribution in [2.24, 2.45) is 10.6 Å². The number of carboxylic acids is 1. The highest BCUT2D eigenvalue weighted by atomic mass is 16.4. The van der Waals surface area contributed by atoms with Crippen molar-refractivity contribution in [3.63, 3.8) is 0 Å². The molecule has 2 N–H and O–H groups in total. The van der Waals surface area contributed by atoms with Gasteiger partial charge in [0.15, 0.2) is 0 Å². The van der Waals surface area contributed by atoms with Gasteiger partial charge >= 0.3 is 5.97 Å². The molecule has 0 radical (unpaired) electrons. The number of carboxylic acid groups (broad SMARTS) is 1. The fraction of sp³-hybridized carbons (Fsp3) is 0.750. The fourth-order valence-electron chi connectivity index (χ4n) is 0.800. The molecule has 0 aliphatic rings. The molecule has 0 aromatic heterocycles. The van der Waals surface area contributed by atoms with Gasteiger partial charge in [0.25, 0.3) is 0 Å². The first-order valence-corrected chi connectivity index (χ1v) is 3.81. The summed E-state index contributed by atoms with van der Waals surface area (Å²) in [4.78, 5) is 10.2. The smallest absolute Gasteiger partial charge is 0.303 e. The SMILES string of the molecule is CC(C)(C)/C(CCC(=O)O)=N/O. The standard InChI is InChI=1S/C8H15NO3/c1-8(2,3)6(9-12)4-5-7(10)11/h12H,4-5H2,1-3H3,(H,10,11)/b9-6+. The molecule has 0 amide bonds. The van der Waals surface area contributed by atoms with Crippen LogP contribution in [0.25, 0.3) is 0 Å². The lowest BCUT2D eigenvalue weighted by Gasteiger charge is -2.18. The van der Waals surface area contributed by atoms with Crippen LogP contribution in [0.1, 0.15) is 33.6 Å². The summed E-state index contributed by atoms with van der Waals surface area (Å²) in [6.45, 7) is 5.64. The van der Waals surface area contributed by atoms with Crippen molar-refractivity contribution < 1.29 is 15.1 Å². The Balaban J connectivity index is 4.13. The molecule has 0 saturated carbocycles. The summed E-state index contributed by atoms with van der Waals surface area (Å²) in [5.74, 6) is -0.875. The fourth-order valence-corrected chi connectivity index (χ4v) is 0.800. The van der Waals surface area contributed by atoms with Gasteiger partial charge in [0.05, 0.1) is 12.1 Å². The molecule has 0 spiro atoms. The maximum atomic E-state index is 10.2. The molecule has 0 aromatic carbocycles. The van der Waals surface area contributed by atoms with Crippen LogP contribution in [0.5, 0.6) is 0 Å². The van der Waals surface area contributed by atoms with Gasteiger partial charge in [0, 0.05) is 5.41 Å². The molecule has 0 saturated heterocycles. The minimum absolute atomic E-state index is 0.0106. The number of carbonyl (C=O) groups is 1. The first kappa shape index (κ1) is 10.9. The average molecular weight is 173 g/mol. The molecule has 0 aliphatic carbocycles. The highest BCUT2D eigenvalue weighted by Gasteiger charge is 2.19. The molecule has 0 rings (SSSR count). The summed E-state index contributed by atoms with van der Waals surface area (Å²) in [6.07, 6.45) is 0.312. The van der Waals surface area contributed by atoms with E-state index in [9.17, 15) is 4.79 Å². The Bertz CT molecular complexity index is 191. The van der Waals surface area contributed by atoms with Gasteiger partial charge in [0.1, 0.15) is 0 Å². The van der Waals surface area contributed by atoms with Crippen molar-refractivity contribution in [2.75, 3.05) is 0 Å². The van der Waals surface area contributed by atoms with E-state index in [1.54, 1.807) is 0 Å². The van der Waals surface area contributed by atoms with Crippen molar-refractivity contribution in [1.29, 1.82) is 0 Å². The van der Waals surface area contributed by atoms with E-state index in [1.165, 1.54) is 0 Å². The van der Waals surface area contributed by atoms with Crippen LogP contribution in [-0.2, 0) is 4.79 Å². The highest BCUT2D eigenvalue weighted by molar-refractivity contribution is 5.90. The molecule has 0 aromatic rings. The molecule has 0 bridgehead atoms. The van der Waals surface area contributed by atoms with E-state index in [2.05, 4.69) is 5.16 Å². The zero-order valence-electron chi connectivity index (χ0n) is 7.66. The monoisotopic (exact) mass is 173 g/mol. The molecule has 0 atom stereocenters. The van der Waals surface area contributed by atoms with E-state index in [0.717, 1.165) is 0 Å². The summed E-state index contributed by atoms with van der Waals surface area (Å²) in [5, 5.41) is 20.0. The lowest BCUT2D eigenvalue weighted by Crippen LogP contribution is -2.21. The summed E-state index contributed by atoms with van der Waals surface area (Å²) in [7, 11) is 0. The number of hydrogen-bond donors (Lipinski definition) is 2. The molecule has 70 valence electrons. The molecule has 0 heterocycles. The Hall–Kier alpha value is -1.06. The van der Waals surface area contributed by atoms with Crippen molar-refractivity contribution in [1.82, 2.24) is 0 Å². The van der Waals surface area contributed by atoms with Crippen LogP contribution in [0, 0.1) is 5.41 Å². The highest BCUT2D eigenvalue weighted by Crippen LogP contribution is 2.19. The third kappa shape index (κ3) is 3.95. The number of nitrogens with zero attached hydrogens (tertiary/aromatic N) is 1. The molecule has 4 nitrogen and oxygen atoms in total. The largest absolute Gasteiger partial charge is 0.481 e. The first-order chi connectivity index (χ1) is 5.38. The summed E-state index contributed by atoms with van der Waals surface area (Å²) in [6, 6.07) is 0. The minimum Gasteiger partial charge on any atom is -0.481 e. The lowest BCUT2D eigenvalue weighted by molar-refractivity contribution is -0.136. The van der Waals surface area contributed by atoms with E-state index >= 15 is 0 Å².